The molecule has 0 aromatic carbocycles. The first kappa shape index (κ1) is 10.0. The second-order valence-electron chi connectivity index (χ2n) is 4.92. The van der Waals surface area contributed by atoms with E-state index in [0.29, 0.717) is 12.0 Å². The fourth-order valence-corrected chi connectivity index (χ4v) is 2.63. The maximum Gasteiger partial charge on any atom is 0.0989 e. The Morgan fingerprint density at radius 2 is 1.64 bits per heavy atom. The number of hydrogen-bond donors (Lipinski definition) is 1. The Morgan fingerprint density at radius 1 is 1.00 bits per heavy atom. The highest BCUT2D eigenvalue weighted by atomic mass is 15.2. The highest BCUT2D eigenvalue weighted by molar-refractivity contribution is 5.81. The van der Waals surface area contributed by atoms with Gasteiger partial charge in [0.1, 0.15) is 0 Å². The molecule has 80 valence electrons. The predicted molar refractivity (Wildman–Crippen MR) is 59.7 cm³/mol. The van der Waals surface area contributed by atoms with Crippen LogP contribution in [0.25, 0.3) is 0 Å². The molecule has 0 unspecified atom stereocenters. The van der Waals surface area contributed by atoms with Crippen LogP contribution in [0, 0.1) is 11.3 Å². The topological polar surface area (TPSA) is 27.1 Å². The monoisotopic (exact) mass is 194 g/mol. The second kappa shape index (κ2) is 4.33. The van der Waals surface area contributed by atoms with Crippen LogP contribution in [0.4, 0.5) is 0 Å². The molecule has 2 heteroatoms. The van der Waals surface area contributed by atoms with E-state index < -0.39 is 0 Å². The van der Waals surface area contributed by atoms with E-state index in [1.807, 2.05) is 0 Å². The van der Waals surface area contributed by atoms with Gasteiger partial charge in [-0.3, -0.25) is 5.41 Å². The third-order valence-electron chi connectivity index (χ3n) is 3.99. The Balaban J connectivity index is 1.85. The van der Waals surface area contributed by atoms with Gasteiger partial charge in [0, 0.05) is 19.0 Å². The lowest BCUT2D eigenvalue weighted by Crippen LogP contribution is -2.44. The zero-order valence-electron chi connectivity index (χ0n) is 9.26. The van der Waals surface area contributed by atoms with E-state index in [1.54, 1.807) is 0 Å². The normalized spacial score (nSPS) is 24.4. The molecule has 2 nitrogen and oxygen atoms in total. The van der Waals surface area contributed by atoms with Gasteiger partial charge in [0.2, 0.25) is 0 Å². The van der Waals surface area contributed by atoms with Crippen molar-refractivity contribution in [3.63, 3.8) is 0 Å². The van der Waals surface area contributed by atoms with Crippen LogP contribution in [0.3, 0.4) is 0 Å². The van der Waals surface area contributed by atoms with Gasteiger partial charge < -0.3 is 4.90 Å². The van der Waals surface area contributed by atoms with Crippen molar-refractivity contribution in [2.45, 2.75) is 57.4 Å². The number of amidine groups is 1. The lowest BCUT2D eigenvalue weighted by Gasteiger charge is -2.39. The first-order valence-electron chi connectivity index (χ1n) is 6.10. The van der Waals surface area contributed by atoms with Crippen LogP contribution in [0.1, 0.15) is 51.4 Å². The van der Waals surface area contributed by atoms with Gasteiger partial charge in [-0.25, -0.2) is 0 Å². The summed E-state index contributed by atoms with van der Waals surface area (Å²) in [4.78, 5) is 2.25. The Morgan fingerprint density at radius 3 is 2.14 bits per heavy atom. The van der Waals surface area contributed by atoms with Crippen LogP contribution >= 0.6 is 0 Å². The number of nitrogens with zero attached hydrogens (tertiary/aromatic N) is 1. The quantitative estimate of drug-likeness (QED) is 0.531. The molecule has 0 aliphatic heterocycles. The SMILES string of the molecule is CN(C(=N)C1CCCCC1)C1CCC1. The highest BCUT2D eigenvalue weighted by Gasteiger charge is 2.28. The average Bonchev–Trinajstić information content (AvgIpc) is 2.15. The van der Waals surface area contributed by atoms with E-state index in [-0.39, 0.29) is 0 Å². The molecule has 2 rings (SSSR count). The zero-order valence-corrected chi connectivity index (χ0v) is 9.26. The van der Waals surface area contributed by atoms with Crippen LogP contribution in [0.15, 0.2) is 0 Å². The Kier molecular flexibility index (Phi) is 3.09. The van der Waals surface area contributed by atoms with E-state index in [9.17, 15) is 0 Å². The first-order chi connectivity index (χ1) is 6.79. The fraction of sp³-hybridized carbons (Fsp3) is 0.917. The first-order valence-corrected chi connectivity index (χ1v) is 6.10. The van der Waals surface area contributed by atoms with Crippen molar-refractivity contribution in [1.29, 1.82) is 5.41 Å². The molecule has 0 aromatic heterocycles. The van der Waals surface area contributed by atoms with Crippen molar-refractivity contribution >= 4 is 5.84 Å². The molecule has 2 aliphatic carbocycles. The van der Waals surface area contributed by atoms with Crippen molar-refractivity contribution < 1.29 is 0 Å². The summed E-state index contributed by atoms with van der Waals surface area (Å²) in [6.07, 6.45) is 10.6. The minimum atomic E-state index is 0.578. The summed E-state index contributed by atoms with van der Waals surface area (Å²) in [6.45, 7) is 0. The summed E-state index contributed by atoms with van der Waals surface area (Å²) in [5.74, 6) is 1.50. The molecule has 14 heavy (non-hydrogen) atoms. The number of hydrogen-bond acceptors (Lipinski definition) is 1. The van der Waals surface area contributed by atoms with Gasteiger partial charge >= 0.3 is 0 Å². The molecule has 0 saturated heterocycles. The van der Waals surface area contributed by atoms with Gasteiger partial charge in [-0.05, 0) is 32.1 Å². The Hall–Kier alpha value is -0.530. The summed E-state index contributed by atoms with van der Waals surface area (Å²) in [5, 5.41) is 8.18. The van der Waals surface area contributed by atoms with Crippen molar-refractivity contribution in [2.24, 2.45) is 5.92 Å². The fourth-order valence-electron chi connectivity index (χ4n) is 2.63. The highest BCUT2D eigenvalue weighted by Crippen LogP contribution is 2.29. The van der Waals surface area contributed by atoms with Crippen LogP contribution in [-0.2, 0) is 0 Å². The Bertz CT molecular complexity index is 198. The van der Waals surface area contributed by atoms with E-state index in [1.165, 1.54) is 51.4 Å². The third-order valence-corrected chi connectivity index (χ3v) is 3.99. The average molecular weight is 194 g/mol. The summed E-state index contributed by atoms with van der Waals surface area (Å²) in [6, 6.07) is 0.699. The lowest BCUT2D eigenvalue weighted by atomic mass is 9.85. The zero-order chi connectivity index (χ0) is 9.97. The minimum absolute atomic E-state index is 0.578. The van der Waals surface area contributed by atoms with Gasteiger partial charge in [-0.2, -0.15) is 0 Å². The molecule has 2 saturated carbocycles. The molecule has 2 fully saturated rings. The molecular formula is C12H22N2. The van der Waals surface area contributed by atoms with E-state index >= 15 is 0 Å². The standard InChI is InChI=1S/C12H22N2/c1-14(11-8-5-9-11)12(13)10-6-3-2-4-7-10/h10-11,13H,2-9H2,1H3. The van der Waals surface area contributed by atoms with Gasteiger partial charge in [0.15, 0.2) is 0 Å². The molecular weight excluding hydrogens is 172 g/mol. The molecule has 0 atom stereocenters. The molecule has 0 bridgehead atoms. The van der Waals surface area contributed by atoms with Crippen LogP contribution < -0.4 is 0 Å². The lowest BCUT2D eigenvalue weighted by molar-refractivity contribution is 0.225. The summed E-state index contributed by atoms with van der Waals surface area (Å²) < 4.78 is 0. The number of nitrogens with one attached hydrogen (secondary N) is 1. The smallest absolute Gasteiger partial charge is 0.0989 e. The van der Waals surface area contributed by atoms with Crippen LogP contribution in [0.2, 0.25) is 0 Å². The summed E-state index contributed by atoms with van der Waals surface area (Å²) in [5.41, 5.74) is 0. The minimum Gasteiger partial charge on any atom is -0.360 e. The van der Waals surface area contributed by atoms with Crippen molar-refractivity contribution in [1.82, 2.24) is 4.90 Å². The maximum absolute atomic E-state index is 8.18. The molecule has 0 spiro atoms. The van der Waals surface area contributed by atoms with Crippen LogP contribution in [0.5, 0.6) is 0 Å². The summed E-state index contributed by atoms with van der Waals surface area (Å²) in [7, 11) is 2.13. The van der Waals surface area contributed by atoms with Gasteiger partial charge in [-0.15, -0.1) is 0 Å². The van der Waals surface area contributed by atoms with Gasteiger partial charge in [-0.1, -0.05) is 19.3 Å². The molecule has 1 N–H and O–H groups in total. The molecule has 0 aromatic rings. The molecule has 0 heterocycles. The van der Waals surface area contributed by atoms with Gasteiger partial charge in [0.25, 0.3) is 0 Å². The maximum atomic E-state index is 8.18. The predicted octanol–water partition coefficient (Wildman–Crippen LogP) is 3.03. The second-order valence-corrected chi connectivity index (χ2v) is 4.92. The molecule has 0 radical (unpaired) electrons. The number of rotatable bonds is 2. The van der Waals surface area contributed by atoms with E-state index in [4.69, 9.17) is 5.41 Å². The van der Waals surface area contributed by atoms with E-state index in [2.05, 4.69) is 11.9 Å². The van der Waals surface area contributed by atoms with E-state index in [0.717, 1.165) is 5.84 Å². The van der Waals surface area contributed by atoms with Crippen molar-refractivity contribution in [3.05, 3.63) is 0 Å². The van der Waals surface area contributed by atoms with Crippen LogP contribution in [-0.4, -0.2) is 23.8 Å². The molecule has 0 amide bonds. The summed E-state index contributed by atoms with van der Waals surface area (Å²) >= 11 is 0. The molecule has 2 aliphatic rings. The van der Waals surface area contributed by atoms with Crippen molar-refractivity contribution in [2.75, 3.05) is 7.05 Å². The van der Waals surface area contributed by atoms with Crippen molar-refractivity contribution in [3.8, 4) is 0 Å². The third kappa shape index (κ3) is 1.94. The largest absolute Gasteiger partial charge is 0.360 e. The Labute approximate surface area is 87.2 Å². The van der Waals surface area contributed by atoms with Gasteiger partial charge in [0.05, 0.1) is 5.84 Å².